The number of rotatable bonds is 19. The van der Waals surface area contributed by atoms with Crippen molar-refractivity contribution in [1.82, 2.24) is 0 Å². The van der Waals surface area contributed by atoms with Crippen molar-refractivity contribution in [1.29, 1.82) is 0 Å². The van der Waals surface area contributed by atoms with E-state index in [0.717, 1.165) is 25.7 Å². The summed E-state index contributed by atoms with van der Waals surface area (Å²) < 4.78 is 4.58. The SMILES string of the molecule is CC[C@@H](O)[C@H](C[C@H](O)[C@@H](C[C@@H](O)[C@H](CCCCCCCC(=O)OC)N=[N+]=[N-])N=[N+]=[N-])N=[N+]=[N-]. The summed E-state index contributed by atoms with van der Waals surface area (Å²) >= 11 is 0. The zero-order valence-electron chi connectivity index (χ0n) is 19.2. The van der Waals surface area contributed by atoms with Gasteiger partial charge in [-0.25, -0.2) is 0 Å². The summed E-state index contributed by atoms with van der Waals surface area (Å²) in [5, 5.41) is 41.7. The second-order valence-electron chi connectivity index (χ2n) is 7.78. The van der Waals surface area contributed by atoms with Crippen LogP contribution >= 0.6 is 0 Å². The Morgan fingerprint density at radius 2 is 1.24 bits per heavy atom. The zero-order chi connectivity index (χ0) is 25.1. The molecule has 3 N–H and O–H groups in total. The van der Waals surface area contributed by atoms with E-state index in [0.29, 0.717) is 25.7 Å². The van der Waals surface area contributed by atoms with E-state index in [9.17, 15) is 20.1 Å². The molecule has 0 amide bonds. The smallest absolute Gasteiger partial charge is 0.305 e. The highest BCUT2D eigenvalue weighted by atomic mass is 16.5. The van der Waals surface area contributed by atoms with Crippen molar-refractivity contribution < 1.29 is 24.9 Å². The molecule has 0 aliphatic carbocycles. The van der Waals surface area contributed by atoms with E-state index in [1.54, 1.807) is 6.92 Å². The first-order valence-corrected chi connectivity index (χ1v) is 11.1. The van der Waals surface area contributed by atoms with Crippen molar-refractivity contribution in [2.24, 2.45) is 15.3 Å². The van der Waals surface area contributed by atoms with Crippen LogP contribution in [0, 0.1) is 0 Å². The number of ether oxygens (including phenoxy) is 1. The number of unbranched alkanes of at least 4 members (excludes halogenated alkanes) is 4. The standard InChI is InChI=1S/C19H35N9O5/c1-3-16(29)14(24-27-21)11-18(31)15(25-28-22)12-17(30)13(23-26-20)9-7-5-4-6-8-10-19(32)33-2/h13-18,29-31H,3-12H2,1-2H3/t13-,14-,15+,16+,17+,18-/m0/s1. The van der Waals surface area contributed by atoms with Gasteiger partial charge in [0.1, 0.15) is 0 Å². The summed E-state index contributed by atoms with van der Waals surface area (Å²) in [6, 6.07) is -2.77. The van der Waals surface area contributed by atoms with E-state index in [2.05, 4.69) is 34.8 Å². The lowest BCUT2D eigenvalue weighted by Crippen LogP contribution is -2.37. The molecule has 186 valence electrons. The molecule has 0 unspecified atom stereocenters. The first-order valence-electron chi connectivity index (χ1n) is 11.1. The molecule has 14 heteroatoms. The van der Waals surface area contributed by atoms with Gasteiger partial charge in [-0.05, 0) is 48.7 Å². The zero-order valence-corrected chi connectivity index (χ0v) is 19.2. The molecule has 0 radical (unpaired) electrons. The Hall–Kier alpha value is -2.72. The molecule has 6 atom stereocenters. The monoisotopic (exact) mass is 469 g/mol. The Morgan fingerprint density at radius 1 is 0.788 bits per heavy atom. The van der Waals surface area contributed by atoms with Gasteiger partial charge in [0, 0.05) is 21.2 Å². The van der Waals surface area contributed by atoms with E-state index < -0.39 is 36.4 Å². The van der Waals surface area contributed by atoms with Crippen LogP contribution in [0.25, 0.3) is 31.3 Å². The Morgan fingerprint density at radius 3 is 1.76 bits per heavy atom. The van der Waals surface area contributed by atoms with E-state index in [1.807, 2.05) is 0 Å². The molecule has 0 saturated heterocycles. The van der Waals surface area contributed by atoms with Crippen molar-refractivity contribution in [3.8, 4) is 0 Å². The Balaban J connectivity index is 4.83. The molecule has 0 saturated carbocycles. The highest BCUT2D eigenvalue weighted by Crippen LogP contribution is 2.22. The van der Waals surface area contributed by atoms with Crippen LogP contribution in [0.15, 0.2) is 15.3 Å². The number of carbonyl (C=O) groups excluding carboxylic acids is 1. The average molecular weight is 470 g/mol. The molecule has 0 rings (SSSR count). The fourth-order valence-corrected chi connectivity index (χ4v) is 3.42. The van der Waals surface area contributed by atoms with Gasteiger partial charge >= 0.3 is 5.97 Å². The first-order chi connectivity index (χ1) is 15.8. The number of aliphatic hydroxyl groups excluding tert-OH is 3. The summed E-state index contributed by atoms with van der Waals surface area (Å²) in [7, 11) is 1.35. The highest BCUT2D eigenvalue weighted by Gasteiger charge is 2.29. The number of carbonyl (C=O) groups is 1. The molecule has 0 heterocycles. The fourth-order valence-electron chi connectivity index (χ4n) is 3.42. The number of azide groups is 3. The van der Waals surface area contributed by atoms with Crippen LogP contribution in [0.2, 0.25) is 0 Å². The van der Waals surface area contributed by atoms with Crippen LogP contribution in [0.3, 0.4) is 0 Å². The van der Waals surface area contributed by atoms with Gasteiger partial charge in [0.15, 0.2) is 0 Å². The highest BCUT2D eigenvalue weighted by molar-refractivity contribution is 5.68. The molecule has 14 nitrogen and oxygen atoms in total. The maximum absolute atomic E-state index is 11.1. The van der Waals surface area contributed by atoms with Gasteiger partial charge in [-0.15, -0.1) is 0 Å². The van der Waals surface area contributed by atoms with Crippen molar-refractivity contribution in [2.75, 3.05) is 7.11 Å². The predicted octanol–water partition coefficient (Wildman–Crippen LogP) is 4.20. The van der Waals surface area contributed by atoms with E-state index in [-0.39, 0.29) is 18.8 Å². The van der Waals surface area contributed by atoms with E-state index >= 15 is 0 Å². The summed E-state index contributed by atoms with van der Waals surface area (Å²) in [6.07, 6.45) is 1.26. The minimum atomic E-state index is -1.28. The summed E-state index contributed by atoms with van der Waals surface area (Å²) in [4.78, 5) is 19.2. The van der Waals surface area contributed by atoms with Crippen molar-refractivity contribution in [3.63, 3.8) is 0 Å². The molecule has 33 heavy (non-hydrogen) atoms. The third-order valence-corrected chi connectivity index (χ3v) is 5.43. The number of methoxy groups -OCH3 is 1. The molecule has 0 spiro atoms. The van der Waals surface area contributed by atoms with Gasteiger partial charge in [-0.1, -0.05) is 47.9 Å². The Kier molecular flexibility index (Phi) is 17.3. The summed E-state index contributed by atoms with van der Waals surface area (Å²) in [5.74, 6) is -0.242. The Labute approximate surface area is 192 Å². The summed E-state index contributed by atoms with van der Waals surface area (Å²) in [5.41, 5.74) is 26.4. The first kappa shape index (κ1) is 30.3. The number of hydrogen-bond donors (Lipinski definition) is 3. The van der Waals surface area contributed by atoms with Crippen LogP contribution in [0.4, 0.5) is 0 Å². The van der Waals surface area contributed by atoms with Crippen molar-refractivity contribution >= 4 is 5.97 Å². The maximum Gasteiger partial charge on any atom is 0.305 e. The third-order valence-electron chi connectivity index (χ3n) is 5.43. The summed E-state index contributed by atoms with van der Waals surface area (Å²) in [6.45, 7) is 1.69. The number of hydrogen-bond acceptors (Lipinski definition) is 8. The molecule has 0 aliphatic heterocycles. The topological polar surface area (TPSA) is 233 Å². The van der Waals surface area contributed by atoms with E-state index in [1.165, 1.54) is 7.11 Å². The molecule has 0 bridgehead atoms. The molecule has 0 aliphatic rings. The number of aliphatic hydroxyl groups is 3. The molecule has 0 aromatic heterocycles. The maximum atomic E-state index is 11.1. The largest absolute Gasteiger partial charge is 0.469 e. The third kappa shape index (κ3) is 13.4. The van der Waals surface area contributed by atoms with Crippen LogP contribution in [0.1, 0.15) is 71.1 Å². The van der Waals surface area contributed by atoms with Crippen molar-refractivity contribution in [2.45, 2.75) is 108 Å². The second-order valence-corrected chi connectivity index (χ2v) is 7.78. The number of esters is 1. The lowest BCUT2D eigenvalue weighted by atomic mass is 9.92. The van der Waals surface area contributed by atoms with Gasteiger partial charge in [-0.2, -0.15) is 0 Å². The van der Waals surface area contributed by atoms with Gasteiger partial charge < -0.3 is 20.1 Å². The second kappa shape index (κ2) is 18.8. The lowest BCUT2D eigenvalue weighted by molar-refractivity contribution is -0.140. The fraction of sp³-hybridized carbons (Fsp3) is 0.947. The van der Waals surface area contributed by atoms with Crippen LogP contribution in [-0.2, 0) is 9.53 Å². The molecule has 0 aromatic carbocycles. The van der Waals surface area contributed by atoms with Crippen molar-refractivity contribution in [3.05, 3.63) is 31.3 Å². The molecule has 0 fully saturated rings. The van der Waals surface area contributed by atoms with Gasteiger partial charge in [-0.3, -0.25) is 4.79 Å². The van der Waals surface area contributed by atoms with Gasteiger partial charge in [0.25, 0.3) is 0 Å². The van der Waals surface area contributed by atoms with Crippen LogP contribution < -0.4 is 0 Å². The van der Waals surface area contributed by atoms with Crippen LogP contribution in [-0.4, -0.2) is 64.8 Å². The average Bonchev–Trinajstić information content (AvgIpc) is 2.81. The minimum Gasteiger partial charge on any atom is -0.469 e. The van der Waals surface area contributed by atoms with Gasteiger partial charge in [0.2, 0.25) is 0 Å². The molecule has 0 aromatic rings. The minimum absolute atomic E-state index is 0.159. The molecular formula is C19H35N9O5. The normalized spacial score (nSPS) is 16.0. The predicted molar refractivity (Wildman–Crippen MR) is 121 cm³/mol. The lowest BCUT2D eigenvalue weighted by Gasteiger charge is -2.27. The van der Waals surface area contributed by atoms with Gasteiger partial charge in [0.05, 0.1) is 43.5 Å². The Bertz CT molecular complexity index is 706. The quantitative estimate of drug-likeness (QED) is 0.0826. The van der Waals surface area contributed by atoms with Crippen LogP contribution in [0.5, 0.6) is 0 Å². The van der Waals surface area contributed by atoms with E-state index in [4.69, 9.17) is 16.6 Å². The molecular weight excluding hydrogens is 434 g/mol. The number of nitrogens with zero attached hydrogens (tertiary/aromatic N) is 9.